The number of hydrogen-bond acceptors (Lipinski definition) is 5. The molecule has 0 spiro atoms. The minimum atomic E-state index is -1.02. The number of benzene rings is 1. The van der Waals surface area contributed by atoms with Crippen molar-refractivity contribution in [2.24, 2.45) is 5.73 Å². The summed E-state index contributed by atoms with van der Waals surface area (Å²) in [6, 6.07) is 5.16. The van der Waals surface area contributed by atoms with Gasteiger partial charge in [-0.1, -0.05) is 12.1 Å². The Labute approximate surface area is 139 Å². The Kier molecular flexibility index (Phi) is 9.44. The number of aromatic hydroxyl groups is 1. The van der Waals surface area contributed by atoms with Crippen molar-refractivity contribution in [3.8, 4) is 5.75 Å². The van der Waals surface area contributed by atoms with Crippen molar-refractivity contribution < 1.29 is 42.0 Å². The van der Waals surface area contributed by atoms with Crippen LogP contribution in [-0.4, -0.2) is 45.9 Å². The quantitative estimate of drug-likeness (QED) is 0.473. The van der Waals surface area contributed by atoms with E-state index in [1.54, 1.807) is 12.1 Å². The average molecular weight is 361 g/mol. The summed E-state index contributed by atoms with van der Waals surface area (Å²) in [5, 5.41) is 28.7. The van der Waals surface area contributed by atoms with E-state index >= 15 is 0 Å². The van der Waals surface area contributed by atoms with E-state index < -0.39 is 18.0 Å². The molecule has 1 aromatic rings. The molecule has 2 rings (SSSR count). The normalized spacial score (nSPS) is 17.6. The van der Waals surface area contributed by atoms with E-state index in [2.05, 4.69) is 5.32 Å². The summed E-state index contributed by atoms with van der Waals surface area (Å²) in [7, 11) is 0. The second kappa shape index (κ2) is 10.2. The van der Waals surface area contributed by atoms with Gasteiger partial charge in [0.2, 0.25) is 0 Å². The molecule has 7 nitrogen and oxygen atoms in total. The van der Waals surface area contributed by atoms with Gasteiger partial charge in [-0.2, -0.15) is 0 Å². The number of phenols is 1. The van der Waals surface area contributed by atoms with E-state index in [0.29, 0.717) is 0 Å². The maximum absolute atomic E-state index is 10.4. The number of carboxylic acid groups (broad SMARTS) is 2. The molecule has 1 aromatic carbocycles. The summed E-state index contributed by atoms with van der Waals surface area (Å²) in [5.41, 5.74) is 6.12. The van der Waals surface area contributed by atoms with Crippen molar-refractivity contribution in [1.82, 2.24) is 5.32 Å². The fourth-order valence-corrected chi connectivity index (χ4v) is 1.87. The maximum atomic E-state index is 10.4. The number of nitrogens with two attached hydrogens (primary N) is 1. The van der Waals surface area contributed by atoms with Crippen LogP contribution >= 0.6 is 0 Å². The zero-order valence-corrected chi connectivity index (χ0v) is 12.8. The average Bonchev–Trinajstić information content (AvgIpc) is 2.96. The number of hydrogen-bond donors (Lipinski definition) is 5. The molecule has 1 saturated heterocycles. The standard InChI is InChI=1S/C9H11NO3.C5H9NO2.Cu.H/c10-8(9(12)13)5-6-1-3-7(11)4-2-6;7-5(8)4-2-1-3-6-4;;/h1-4,8,11H,5,10H2,(H,12,13);4,6H,1-3H2,(H,7,8);;/q;;+1;/t8-;4-;;/m00../s1. The predicted molar refractivity (Wildman–Crippen MR) is 77.5 cm³/mol. The van der Waals surface area contributed by atoms with Gasteiger partial charge in [-0.3, -0.25) is 9.59 Å². The minimum absolute atomic E-state index is 0. The number of phenolic OH excluding ortho intramolecular Hbond substituents is 1. The van der Waals surface area contributed by atoms with Crippen LogP contribution in [-0.2, 0) is 33.1 Å². The van der Waals surface area contributed by atoms with E-state index in [1.165, 1.54) is 12.1 Å². The SMILES string of the molecule is N[C@@H](Cc1ccc(O)cc1)C(=O)O.O=C(O)[C@@H]1CCCN1.[CuH+]. The summed E-state index contributed by atoms with van der Waals surface area (Å²) in [4.78, 5) is 20.5. The Balaban J connectivity index is 0.000000423. The molecule has 0 bridgehead atoms. The topological polar surface area (TPSA) is 133 Å². The Hall–Kier alpha value is -1.60. The molecule has 1 aliphatic heterocycles. The van der Waals surface area contributed by atoms with Gasteiger partial charge in [0, 0.05) is 0 Å². The third kappa shape index (κ3) is 7.42. The molecule has 127 valence electrons. The monoisotopic (exact) mass is 360 g/mol. The Morgan fingerprint density at radius 1 is 1.27 bits per heavy atom. The predicted octanol–water partition coefficient (Wildman–Crippen LogP) is -0.101. The number of carboxylic acids is 2. The van der Waals surface area contributed by atoms with Gasteiger partial charge in [-0.05, 0) is 43.5 Å². The number of aliphatic carboxylic acids is 2. The molecule has 0 radical (unpaired) electrons. The van der Waals surface area contributed by atoms with Crippen LogP contribution in [0.5, 0.6) is 5.75 Å². The first-order valence-corrected chi connectivity index (χ1v) is 6.62. The first kappa shape index (κ1) is 20.4. The third-order valence-electron chi connectivity index (χ3n) is 3.07. The molecule has 1 heterocycles. The van der Waals surface area contributed by atoms with Gasteiger partial charge in [-0.15, -0.1) is 0 Å². The van der Waals surface area contributed by atoms with Gasteiger partial charge in [0.05, 0.1) is 0 Å². The van der Waals surface area contributed by atoms with Gasteiger partial charge < -0.3 is 26.4 Å². The molecule has 0 unspecified atom stereocenters. The fourth-order valence-electron chi connectivity index (χ4n) is 1.87. The second-order valence-corrected chi connectivity index (χ2v) is 4.80. The van der Waals surface area contributed by atoms with Crippen molar-refractivity contribution in [1.29, 1.82) is 0 Å². The van der Waals surface area contributed by atoms with Gasteiger partial charge in [0.25, 0.3) is 0 Å². The van der Waals surface area contributed by atoms with Crippen LogP contribution in [0.15, 0.2) is 24.3 Å². The fraction of sp³-hybridized carbons (Fsp3) is 0.429. The van der Waals surface area contributed by atoms with Crippen molar-refractivity contribution in [2.45, 2.75) is 31.3 Å². The van der Waals surface area contributed by atoms with E-state index in [9.17, 15) is 9.59 Å². The van der Waals surface area contributed by atoms with Crippen molar-refractivity contribution >= 4 is 11.9 Å². The number of rotatable bonds is 4. The van der Waals surface area contributed by atoms with E-state index in [-0.39, 0.29) is 35.3 Å². The summed E-state index contributed by atoms with van der Waals surface area (Å²) < 4.78 is 0. The Morgan fingerprint density at radius 3 is 2.23 bits per heavy atom. The van der Waals surface area contributed by atoms with Crippen molar-refractivity contribution in [3.05, 3.63) is 29.8 Å². The Morgan fingerprint density at radius 2 is 1.86 bits per heavy atom. The second-order valence-electron chi connectivity index (χ2n) is 4.80. The van der Waals surface area contributed by atoms with Gasteiger partial charge in [-0.25, -0.2) is 0 Å². The van der Waals surface area contributed by atoms with Crippen molar-refractivity contribution in [2.75, 3.05) is 6.54 Å². The van der Waals surface area contributed by atoms with Crippen LogP contribution in [0.2, 0.25) is 0 Å². The van der Waals surface area contributed by atoms with Crippen LogP contribution < -0.4 is 11.1 Å². The zero-order chi connectivity index (χ0) is 15.8. The first-order chi connectivity index (χ1) is 9.90. The zero-order valence-electron chi connectivity index (χ0n) is 11.8. The summed E-state index contributed by atoms with van der Waals surface area (Å²) in [6.07, 6.45) is 2.06. The molecular formula is C14H21CuN2O5+. The van der Waals surface area contributed by atoms with E-state index in [4.69, 9.17) is 21.1 Å². The molecule has 22 heavy (non-hydrogen) atoms. The molecular weight excluding hydrogens is 340 g/mol. The third-order valence-corrected chi connectivity index (χ3v) is 3.07. The number of nitrogens with one attached hydrogen (secondary N) is 1. The van der Waals surface area contributed by atoms with Crippen LogP contribution in [0.1, 0.15) is 18.4 Å². The molecule has 6 N–H and O–H groups in total. The van der Waals surface area contributed by atoms with Crippen molar-refractivity contribution in [3.63, 3.8) is 0 Å². The molecule has 0 aliphatic carbocycles. The van der Waals surface area contributed by atoms with Gasteiger partial charge in [0.15, 0.2) is 0 Å². The van der Waals surface area contributed by atoms with Gasteiger partial charge >= 0.3 is 29.0 Å². The first-order valence-electron chi connectivity index (χ1n) is 6.62. The molecule has 1 aliphatic rings. The summed E-state index contributed by atoms with van der Waals surface area (Å²) in [5.74, 6) is -1.58. The van der Waals surface area contributed by atoms with Gasteiger partial charge in [0.1, 0.15) is 17.8 Å². The molecule has 2 atom stereocenters. The summed E-state index contributed by atoms with van der Waals surface area (Å²) in [6.45, 7) is 0.858. The van der Waals surface area contributed by atoms with Crippen LogP contribution in [0, 0.1) is 0 Å². The van der Waals surface area contributed by atoms with E-state index in [1.807, 2.05) is 0 Å². The number of carbonyl (C=O) groups is 2. The van der Waals surface area contributed by atoms with E-state index in [0.717, 1.165) is 24.9 Å². The van der Waals surface area contributed by atoms with Crippen LogP contribution in [0.25, 0.3) is 0 Å². The van der Waals surface area contributed by atoms with Crippen LogP contribution in [0.4, 0.5) is 0 Å². The molecule has 0 saturated carbocycles. The molecule has 8 heteroatoms. The Bertz CT molecular complexity index is 475. The van der Waals surface area contributed by atoms with Crippen LogP contribution in [0.3, 0.4) is 0 Å². The molecule has 0 aromatic heterocycles. The molecule has 0 amide bonds. The molecule has 1 fully saturated rings. The summed E-state index contributed by atoms with van der Waals surface area (Å²) >= 11 is 0.